The van der Waals surface area contributed by atoms with Gasteiger partial charge in [0, 0.05) is 4.88 Å². The van der Waals surface area contributed by atoms with Crippen LogP contribution in [0.15, 0.2) is 17.5 Å². The number of ether oxygens (including phenoxy) is 1. The standard InChI is InChI=1S/C11H16O2S/c1-3-9(11(12)13-4-2)8-10-6-5-7-14-10/h5-7,9H,3-4,8H2,1-2H3. The van der Waals surface area contributed by atoms with E-state index in [9.17, 15) is 4.79 Å². The van der Waals surface area contributed by atoms with E-state index < -0.39 is 0 Å². The smallest absolute Gasteiger partial charge is 0.309 e. The molecule has 78 valence electrons. The first kappa shape index (κ1) is 11.2. The van der Waals surface area contributed by atoms with Crippen molar-refractivity contribution in [3.63, 3.8) is 0 Å². The maximum atomic E-state index is 11.5. The van der Waals surface area contributed by atoms with Crippen molar-refractivity contribution < 1.29 is 9.53 Å². The van der Waals surface area contributed by atoms with Crippen molar-refractivity contribution in [1.82, 2.24) is 0 Å². The van der Waals surface area contributed by atoms with Crippen LogP contribution < -0.4 is 0 Å². The summed E-state index contributed by atoms with van der Waals surface area (Å²) in [5.74, 6) is -0.0444. The van der Waals surface area contributed by atoms with Crippen molar-refractivity contribution in [1.29, 1.82) is 0 Å². The van der Waals surface area contributed by atoms with Crippen LogP contribution in [0.5, 0.6) is 0 Å². The average Bonchev–Trinajstić information content (AvgIpc) is 2.66. The van der Waals surface area contributed by atoms with Crippen LogP contribution in [-0.2, 0) is 16.0 Å². The summed E-state index contributed by atoms with van der Waals surface area (Å²) in [4.78, 5) is 12.7. The molecule has 0 aromatic carbocycles. The Morgan fingerprint density at radius 2 is 2.36 bits per heavy atom. The van der Waals surface area contributed by atoms with Crippen molar-refractivity contribution in [2.45, 2.75) is 26.7 Å². The van der Waals surface area contributed by atoms with Gasteiger partial charge in [-0.2, -0.15) is 0 Å². The van der Waals surface area contributed by atoms with Crippen molar-refractivity contribution in [3.05, 3.63) is 22.4 Å². The highest BCUT2D eigenvalue weighted by Gasteiger charge is 2.18. The molecule has 0 aliphatic heterocycles. The molecule has 0 aliphatic rings. The van der Waals surface area contributed by atoms with E-state index in [1.54, 1.807) is 11.3 Å². The van der Waals surface area contributed by atoms with E-state index in [4.69, 9.17) is 4.74 Å². The van der Waals surface area contributed by atoms with Gasteiger partial charge in [0.15, 0.2) is 0 Å². The van der Waals surface area contributed by atoms with Crippen molar-refractivity contribution in [2.75, 3.05) is 6.61 Å². The second kappa shape index (κ2) is 5.81. The second-order valence-electron chi connectivity index (χ2n) is 3.14. The molecule has 0 radical (unpaired) electrons. The Kier molecular flexibility index (Phi) is 4.66. The molecule has 0 saturated heterocycles. The molecule has 0 fully saturated rings. The summed E-state index contributed by atoms with van der Waals surface area (Å²) in [5.41, 5.74) is 0. The quantitative estimate of drug-likeness (QED) is 0.701. The third-order valence-electron chi connectivity index (χ3n) is 2.14. The molecule has 0 amide bonds. The van der Waals surface area contributed by atoms with Crippen LogP contribution in [0.2, 0.25) is 0 Å². The van der Waals surface area contributed by atoms with Crippen LogP contribution in [0.1, 0.15) is 25.1 Å². The summed E-state index contributed by atoms with van der Waals surface area (Å²) in [7, 11) is 0. The minimum atomic E-state index is -0.0663. The molecule has 0 N–H and O–H groups in total. The van der Waals surface area contributed by atoms with Crippen LogP contribution in [-0.4, -0.2) is 12.6 Å². The molecule has 14 heavy (non-hydrogen) atoms. The fraction of sp³-hybridized carbons (Fsp3) is 0.545. The maximum absolute atomic E-state index is 11.5. The van der Waals surface area contributed by atoms with E-state index in [0.717, 1.165) is 12.8 Å². The Hall–Kier alpha value is -0.830. The Balaban J connectivity index is 2.50. The summed E-state index contributed by atoms with van der Waals surface area (Å²) in [5, 5.41) is 2.03. The van der Waals surface area contributed by atoms with Gasteiger partial charge in [0.2, 0.25) is 0 Å². The molecular weight excluding hydrogens is 196 g/mol. The monoisotopic (exact) mass is 212 g/mol. The highest BCUT2D eigenvalue weighted by molar-refractivity contribution is 7.09. The fourth-order valence-electron chi connectivity index (χ4n) is 1.33. The van der Waals surface area contributed by atoms with E-state index in [-0.39, 0.29) is 11.9 Å². The Morgan fingerprint density at radius 1 is 1.57 bits per heavy atom. The molecule has 1 atom stereocenters. The van der Waals surface area contributed by atoms with Gasteiger partial charge in [-0.3, -0.25) is 4.79 Å². The highest BCUT2D eigenvalue weighted by Crippen LogP contribution is 2.17. The fourth-order valence-corrected chi connectivity index (χ4v) is 2.11. The zero-order valence-electron chi connectivity index (χ0n) is 8.66. The molecule has 1 unspecified atom stereocenters. The normalized spacial score (nSPS) is 12.4. The first-order chi connectivity index (χ1) is 6.77. The van der Waals surface area contributed by atoms with Gasteiger partial charge in [0.1, 0.15) is 0 Å². The van der Waals surface area contributed by atoms with Gasteiger partial charge in [0.05, 0.1) is 12.5 Å². The van der Waals surface area contributed by atoms with E-state index in [2.05, 4.69) is 6.07 Å². The van der Waals surface area contributed by atoms with Crippen LogP contribution in [0.25, 0.3) is 0 Å². The lowest BCUT2D eigenvalue weighted by atomic mass is 10.0. The first-order valence-corrected chi connectivity index (χ1v) is 5.84. The molecule has 0 saturated carbocycles. The van der Waals surface area contributed by atoms with E-state index in [1.807, 2.05) is 25.3 Å². The number of esters is 1. The molecule has 1 aromatic heterocycles. The molecule has 1 heterocycles. The third-order valence-corrected chi connectivity index (χ3v) is 3.04. The lowest BCUT2D eigenvalue weighted by molar-refractivity contribution is -0.148. The SMILES string of the molecule is CCOC(=O)C(CC)Cc1cccs1. The van der Waals surface area contributed by atoms with Gasteiger partial charge in [-0.15, -0.1) is 11.3 Å². The van der Waals surface area contributed by atoms with Crippen LogP contribution in [0, 0.1) is 5.92 Å². The Labute approximate surface area is 88.9 Å². The van der Waals surface area contributed by atoms with Gasteiger partial charge in [-0.1, -0.05) is 13.0 Å². The average molecular weight is 212 g/mol. The molecule has 1 rings (SSSR count). The van der Waals surface area contributed by atoms with E-state index in [0.29, 0.717) is 6.61 Å². The maximum Gasteiger partial charge on any atom is 0.309 e. The number of thiophene rings is 1. The molecule has 1 aromatic rings. The zero-order valence-corrected chi connectivity index (χ0v) is 9.47. The molecule has 0 aliphatic carbocycles. The number of hydrogen-bond acceptors (Lipinski definition) is 3. The summed E-state index contributed by atoms with van der Waals surface area (Å²) < 4.78 is 5.01. The zero-order chi connectivity index (χ0) is 10.4. The largest absolute Gasteiger partial charge is 0.466 e. The summed E-state index contributed by atoms with van der Waals surface area (Å²) in [6.07, 6.45) is 1.66. The number of carbonyl (C=O) groups is 1. The van der Waals surface area contributed by atoms with Crippen molar-refractivity contribution >= 4 is 17.3 Å². The molecular formula is C11H16O2S. The Morgan fingerprint density at radius 3 is 2.86 bits per heavy atom. The number of hydrogen-bond donors (Lipinski definition) is 0. The number of rotatable bonds is 5. The van der Waals surface area contributed by atoms with Gasteiger partial charge >= 0.3 is 5.97 Å². The van der Waals surface area contributed by atoms with Crippen LogP contribution in [0.4, 0.5) is 0 Å². The van der Waals surface area contributed by atoms with Crippen LogP contribution >= 0.6 is 11.3 Å². The predicted octanol–water partition coefficient (Wildman–Crippen LogP) is 2.88. The highest BCUT2D eigenvalue weighted by atomic mass is 32.1. The minimum Gasteiger partial charge on any atom is -0.466 e. The second-order valence-corrected chi connectivity index (χ2v) is 4.17. The third kappa shape index (κ3) is 3.14. The number of carbonyl (C=O) groups excluding carboxylic acids is 1. The van der Waals surface area contributed by atoms with Gasteiger partial charge in [-0.05, 0) is 31.2 Å². The molecule has 2 nitrogen and oxygen atoms in total. The van der Waals surface area contributed by atoms with E-state index >= 15 is 0 Å². The van der Waals surface area contributed by atoms with Crippen molar-refractivity contribution in [3.8, 4) is 0 Å². The van der Waals surface area contributed by atoms with E-state index in [1.165, 1.54) is 4.88 Å². The van der Waals surface area contributed by atoms with Gasteiger partial charge in [0.25, 0.3) is 0 Å². The first-order valence-electron chi connectivity index (χ1n) is 4.97. The van der Waals surface area contributed by atoms with Crippen LogP contribution in [0.3, 0.4) is 0 Å². The molecule has 3 heteroatoms. The molecule has 0 bridgehead atoms. The minimum absolute atomic E-state index is 0.0219. The molecule has 0 spiro atoms. The summed E-state index contributed by atoms with van der Waals surface area (Å²) in [6.45, 7) is 4.34. The summed E-state index contributed by atoms with van der Waals surface area (Å²) >= 11 is 1.69. The van der Waals surface area contributed by atoms with Gasteiger partial charge in [-0.25, -0.2) is 0 Å². The summed E-state index contributed by atoms with van der Waals surface area (Å²) in [6, 6.07) is 4.07. The Bertz CT molecular complexity index is 267. The van der Waals surface area contributed by atoms with Gasteiger partial charge < -0.3 is 4.74 Å². The van der Waals surface area contributed by atoms with Crippen molar-refractivity contribution in [2.24, 2.45) is 5.92 Å². The topological polar surface area (TPSA) is 26.3 Å². The lowest BCUT2D eigenvalue weighted by Gasteiger charge is -2.11. The lowest BCUT2D eigenvalue weighted by Crippen LogP contribution is -2.18. The predicted molar refractivity (Wildman–Crippen MR) is 58.4 cm³/mol.